The second-order valence-corrected chi connectivity index (χ2v) is 11.6. The number of hydrogen-bond acceptors (Lipinski definition) is 2. The van der Waals surface area contributed by atoms with E-state index in [2.05, 4.69) is 157 Å². The van der Waals surface area contributed by atoms with Crippen molar-refractivity contribution in [2.45, 2.75) is 6.54 Å². The highest BCUT2D eigenvalue weighted by Gasteiger charge is 2.16. The Morgan fingerprint density at radius 3 is 2.02 bits per heavy atom. The number of nitrogens with zero attached hydrogens (tertiary/aromatic N) is 1. The van der Waals surface area contributed by atoms with Gasteiger partial charge in [0.05, 0.1) is 0 Å². The van der Waals surface area contributed by atoms with E-state index in [-0.39, 0.29) is 0 Å². The first-order valence-corrected chi connectivity index (χ1v) is 14.9. The summed E-state index contributed by atoms with van der Waals surface area (Å²) in [5.74, 6) is 0. The van der Waals surface area contributed by atoms with Gasteiger partial charge in [-0.3, -0.25) is 0 Å². The van der Waals surface area contributed by atoms with Crippen LogP contribution in [0.3, 0.4) is 0 Å². The van der Waals surface area contributed by atoms with E-state index in [0.717, 1.165) is 6.54 Å². The molecular formula is C39H27NS. The molecule has 8 aromatic rings. The summed E-state index contributed by atoms with van der Waals surface area (Å²) in [5.41, 5.74) is 6.21. The lowest BCUT2D eigenvalue weighted by Crippen LogP contribution is -2.17. The fourth-order valence-electron chi connectivity index (χ4n) is 6.06. The van der Waals surface area contributed by atoms with Crippen LogP contribution in [0, 0.1) is 0 Å². The van der Waals surface area contributed by atoms with Gasteiger partial charge < -0.3 is 4.90 Å². The molecule has 0 unspecified atom stereocenters. The van der Waals surface area contributed by atoms with Crippen molar-refractivity contribution >= 4 is 64.4 Å². The summed E-state index contributed by atoms with van der Waals surface area (Å²) in [7, 11) is 0. The zero-order valence-electron chi connectivity index (χ0n) is 22.5. The van der Waals surface area contributed by atoms with Gasteiger partial charge in [-0.2, -0.15) is 0 Å². The molecule has 0 bridgehead atoms. The summed E-state index contributed by atoms with van der Waals surface area (Å²) >= 11 is 1.90. The van der Waals surface area contributed by atoms with E-state index in [4.69, 9.17) is 0 Å². The van der Waals surface area contributed by atoms with Gasteiger partial charge in [-0.25, -0.2) is 0 Å². The number of thiophene rings is 1. The minimum Gasteiger partial charge on any atom is -0.337 e. The van der Waals surface area contributed by atoms with E-state index in [1.54, 1.807) is 0 Å². The normalized spacial score (nSPS) is 11.5. The van der Waals surface area contributed by atoms with Crippen LogP contribution in [0.1, 0.15) is 5.56 Å². The topological polar surface area (TPSA) is 3.24 Å². The molecular weight excluding hydrogens is 515 g/mol. The Morgan fingerprint density at radius 2 is 1.12 bits per heavy atom. The predicted octanol–water partition coefficient (Wildman–Crippen LogP) is 11.4. The van der Waals surface area contributed by atoms with Gasteiger partial charge in [0.1, 0.15) is 0 Å². The number of hydrogen-bond donors (Lipinski definition) is 0. The molecule has 0 aliphatic heterocycles. The van der Waals surface area contributed by atoms with E-state index in [0.29, 0.717) is 0 Å². The molecule has 0 atom stereocenters. The van der Waals surface area contributed by atoms with E-state index < -0.39 is 0 Å². The number of rotatable bonds is 5. The molecule has 2 heteroatoms. The molecule has 0 aliphatic carbocycles. The van der Waals surface area contributed by atoms with Gasteiger partial charge >= 0.3 is 0 Å². The lowest BCUT2D eigenvalue weighted by molar-refractivity contribution is 0.980. The van der Waals surface area contributed by atoms with Crippen molar-refractivity contribution in [3.05, 3.63) is 157 Å². The van der Waals surface area contributed by atoms with Crippen molar-refractivity contribution in [2.24, 2.45) is 0 Å². The molecule has 0 N–H and O–H groups in total. The van der Waals surface area contributed by atoms with Gasteiger partial charge in [-0.15, -0.1) is 11.3 Å². The Balaban J connectivity index is 1.30. The summed E-state index contributed by atoms with van der Waals surface area (Å²) in [6, 6.07) is 55.2. The molecule has 41 heavy (non-hydrogen) atoms. The van der Waals surface area contributed by atoms with E-state index >= 15 is 0 Å². The van der Waals surface area contributed by atoms with Gasteiger partial charge in [0.2, 0.25) is 0 Å². The molecule has 194 valence electrons. The van der Waals surface area contributed by atoms with Crippen LogP contribution in [0.5, 0.6) is 0 Å². The molecule has 1 nitrogen and oxygen atoms in total. The van der Waals surface area contributed by atoms with Gasteiger partial charge in [0, 0.05) is 38.1 Å². The Morgan fingerprint density at radius 1 is 0.463 bits per heavy atom. The average Bonchev–Trinajstić information content (AvgIpc) is 3.42. The van der Waals surface area contributed by atoms with Gasteiger partial charge in [0.25, 0.3) is 0 Å². The molecule has 0 aliphatic rings. The van der Waals surface area contributed by atoms with Crippen LogP contribution in [0.25, 0.3) is 52.8 Å². The van der Waals surface area contributed by atoms with Gasteiger partial charge in [0.15, 0.2) is 0 Å². The minimum absolute atomic E-state index is 0.767. The highest BCUT2D eigenvalue weighted by molar-refractivity contribution is 7.26. The first-order valence-electron chi connectivity index (χ1n) is 14.1. The number of anilines is 2. The summed E-state index contributed by atoms with van der Waals surface area (Å²) < 4.78 is 2.68. The zero-order chi connectivity index (χ0) is 27.2. The molecule has 1 aromatic heterocycles. The molecule has 1 heterocycles. The quantitative estimate of drug-likeness (QED) is 0.209. The first-order chi connectivity index (χ1) is 20.3. The van der Waals surface area contributed by atoms with Crippen LogP contribution in [0.4, 0.5) is 11.4 Å². The Kier molecular flexibility index (Phi) is 5.79. The third kappa shape index (κ3) is 4.25. The molecule has 7 aromatic carbocycles. The predicted molar refractivity (Wildman–Crippen MR) is 179 cm³/mol. The maximum absolute atomic E-state index is 2.47. The van der Waals surface area contributed by atoms with Gasteiger partial charge in [-0.1, -0.05) is 127 Å². The van der Waals surface area contributed by atoms with Crippen LogP contribution in [0.2, 0.25) is 0 Å². The average molecular weight is 542 g/mol. The second kappa shape index (κ2) is 9.92. The number of benzene rings is 7. The third-order valence-corrected chi connectivity index (χ3v) is 9.34. The third-order valence-electron chi connectivity index (χ3n) is 8.13. The molecule has 0 saturated carbocycles. The lowest BCUT2D eigenvalue weighted by Gasteiger charge is -2.27. The zero-order valence-corrected chi connectivity index (χ0v) is 23.3. The monoisotopic (exact) mass is 541 g/mol. The first kappa shape index (κ1) is 23.9. The molecule has 0 fully saturated rings. The second-order valence-electron chi connectivity index (χ2n) is 10.6. The molecule has 0 spiro atoms. The fraction of sp³-hybridized carbons (Fsp3) is 0.0256. The highest BCUT2D eigenvalue weighted by Crippen LogP contribution is 2.41. The van der Waals surface area contributed by atoms with Crippen LogP contribution in [-0.2, 0) is 6.54 Å². The molecule has 0 amide bonds. The fourth-order valence-corrected chi connectivity index (χ4v) is 7.34. The largest absolute Gasteiger partial charge is 0.337 e. The molecule has 0 saturated heterocycles. The summed E-state index contributed by atoms with van der Waals surface area (Å²) in [6.07, 6.45) is 0. The lowest BCUT2D eigenvalue weighted by atomic mass is 9.98. The van der Waals surface area contributed by atoms with Crippen LogP contribution in [0.15, 0.2) is 152 Å². The molecule has 0 radical (unpaired) electrons. The van der Waals surface area contributed by atoms with Crippen LogP contribution >= 0.6 is 11.3 Å². The van der Waals surface area contributed by atoms with E-state index in [1.807, 2.05) is 11.3 Å². The minimum atomic E-state index is 0.767. The Labute approximate surface area is 243 Å². The standard InChI is InChI=1S/C39H27NS/c1-2-11-28(12-3-1)34-16-8-7-15-31(34)26-40(32-20-18-27-10-4-5-14-30(27)24-32)33-21-23-36-37-22-19-29-13-6-9-17-35(29)39(37)41-38(36)25-33/h1-25H,26H2. The summed E-state index contributed by atoms with van der Waals surface area (Å²) in [4.78, 5) is 2.47. The smallest absolute Gasteiger partial charge is 0.0487 e. The van der Waals surface area contributed by atoms with Crippen molar-refractivity contribution in [2.75, 3.05) is 4.90 Å². The molecule has 8 rings (SSSR count). The maximum atomic E-state index is 2.47. The summed E-state index contributed by atoms with van der Waals surface area (Å²) in [5, 5.41) is 7.79. The Hall–Kier alpha value is -4.92. The Bertz CT molecular complexity index is 2190. The van der Waals surface area contributed by atoms with Crippen LogP contribution < -0.4 is 4.90 Å². The van der Waals surface area contributed by atoms with E-state index in [9.17, 15) is 0 Å². The summed E-state index contributed by atoms with van der Waals surface area (Å²) in [6.45, 7) is 0.767. The SMILES string of the molecule is c1ccc(-c2ccccc2CN(c2ccc3ccccc3c2)c2ccc3c(c2)sc2c4ccccc4ccc32)cc1. The van der Waals surface area contributed by atoms with Crippen molar-refractivity contribution in [1.29, 1.82) is 0 Å². The van der Waals surface area contributed by atoms with Crippen LogP contribution in [-0.4, -0.2) is 0 Å². The highest BCUT2D eigenvalue weighted by atomic mass is 32.1. The maximum Gasteiger partial charge on any atom is 0.0487 e. The van der Waals surface area contributed by atoms with E-state index in [1.165, 1.54) is 69.8 Å². The van der Waals surface area contributed by atoms with Crippen molar-refractivity contribution < 1.29 is 0 Å². The van der Waals surface area contributed by atoms with Gasteiger partial charge in [-0.05, 0) is 62.5 Å². The van der Waals surface area contributed by atoms with Crippen molar-refractivity contribution in [1.82, 2.24) is 0 Å². The number of fused-ring (bicyclic) bond motifs is 6. The van der Waals surface area contributed by atoms with Crippen molar-refractivity contribution in [3.63, 3.8) is 0 Å². The van der Waals surface area contributed by atoms with Crippen molar-refractivity contribution in [3.8, 4) is 11.1 Å².